The molecular formula is C12H15FN2O3. The Hall–Kier alpha value is -1.95. The molecule has 0 aliphatic carbocycles. The summed E-state index contributed by atoms with van der Waals surface area (Å²) < 4.78 is 13.4. The Kier molecular flexibility index (Phi) is 4.79. The minimum Gasteiger partial charge on any atom is -0.480 e. The smallest absolute Gasteiger partial charge is 0.326 e. The molecule has 0 heterocycles. The summed E-state index contributed by atoms with van der Waals surface area (Å²) in [5.74, 6) is -2.32. The van der Waals surface area contributed by atoms with Crippen molar-refractivity contribution in [2.45, 2.75) is 25.4 Å². The number of amides is 1. The molecule has 0 aliphatic rings. The summed E-state index contributed by atoms with van der Waals surface area (Å²) in [6, 6.07) is 3.82. The molecule has 1 unspecified atom stereocenters. The summed E-state index contributed by atoms with van der Waals surface area (Å²) in [7, 11) is 0. The summed E-state index contributed by atoms with van der Waals surface area (Å²) in [5, 5.41) is 11.2. The lowest BCUT2D eigenvalue weighted by Crippen LogP contribution is -2.48. The lowest BCUT2D eigenvalue weighted by Gasteiger charge is -2.16. The van der Waals surface area contributed by atoms with Gasteiger partial charge in [0.2, 0.25) is 5.91 Å². The highest BCUT2D eigenvalue weighted by atomic mass is 19.1. The van der Waals surface area contributed by atoms with E-state index in [0.717, 1.165) is 0 Å². The monoisotopic (exact) mass is 254 g/mol. The van der Waals surface area contributed by atoms with Gasteiger partial charge in [0.1, 0.15) is 11.9 Å². The van der Waals surface area contributed by atoms with Crippen molar-refractivity contribution in [3.05, 3.63) is 35.6 Å². The predicted octanol–water partition coefficient (Wildman–Crippen LogP) is 0.285. The molecule has 0 saturated heterocycles. The van der Waals surface area contributed by atoms with Crippen LogP contribution in [0.2, 0.25) is 0 Å². The second kappa shape index (κ2) is 6.11. The van der Waals surface area contributed by atoms with E-state index in [2.05, 4.69) is 5.32 Å². The van der Waals surface area contributed by atoms with E-state index in [4.69, 9.17) is 10.8 Å². The Morgan fingerprint density at radius 1 is 1.44 bits per heavy atom. The number of carboxylic acids is 1. The number of carbonyl (C=O) groups is 2. The van der Waals surface area contributed by atoms with Gasteiger partial charge in [0.25, 0.3) is 0 Å². The molecule has 0 spiro atoms. The zero-order chi connectivity index (χ0) is 13.7. The van der Waals surface area contributed by atoms with E-state index in [1.54, 1.807) is 6.07 Å². The summed E-state index contributed by atoms with van der Waals surface area (Å²) in [6.45, 7) is 1.44. The van der Waals surface area contributed by atoms with Gasteiger partial charge in [-0.1, -0.05) is 18.2 Å². The number of rotatable bonds is 5. The molecule has 1 aromatic carbocycles. The lowest BCUT2D eigenvalue weighted by molar-refractivity contribution is -0.141. The van der Waals surface area contributed by atoms with E-state index in [-0.39, 0.29) is 12.0 Å². The van der Waals surface area contributed by atoms with E-state index in [9.17, 15) is 14.0 Å². The number of nitrogens with one attached hydrogen (secondary N) is 1. The minimum absolute atomic E-state index is 0.125. The van der Waals surface area contributed by atoms with Crippen molar-refractivity contribution in [1.29, 1.82) is 0 Å². The molecule has 98 valence electrons. The third-order valence-electron chi connectivity index (χ3n) is 2.41. The molecular weight excluding hydrogens is 239 g/mol. The van der Waals surface area contributed by atoms with Crippen LogP contribution in [0.4, 0.5) is 4.39 Å². The predicted molar refractivity (Wildman–Crippen MR) is 63.3 cm³/mol. The van der Waals surface area contributed by atoms with Crippen LogP contribution >= 0.6 is 0 Å². The van der Waals surface area contributed by atoms with Gasteiger partial charge >= 0.3 is 5.97 Å². The molecule has 0 radical (unpaired) electrons. The van der Waals surface area contributed by atoms with E-state index < -0.39 is 29.8 Å². The molecule has 0 fully saturated rings. The van der Waals surface area contributed by atoms with Gasteiger partial charge in [-0.05, 0) is 18.6 Å². The van der Waals surface area contributed by atoms with Crippen molar-refractivity contribution in [2.75, 3.05) is 0 Å². The van der Waals surface area contributed by atoms with Crippen LogP contribution < -0.4 is 11.1 Å². The number of aliphatic carboxylic acids is 1. The number of hydrogen-bond acceptors (Lipinski definition) is 3. The number of carboxylic acid groups (broad SMARTS) is 1. The van der Waals surface area contributed by atoms with Crippen LogP contribution in [-0.2, 0) is 16.0 Å². The third kappa shape index (κ3) is 3.81. The molecule has 6 heteroatoms. The summed E-state index contributed by atoms with van der Waals surface area (Å²) >= 11 is 0. The van der Waals surface area contributed by atoms with Crippen LogP contribution in [0.3, 0.4) is 0 Å². The third-order valence-corrected chi connectivity index (χ3v) is 2.41. The topological polar surface area (TPSA) is 92.4 Å². The maximum Gasteiger partial charge on any atom is 0.326 e. The molecule has 0 aliphatic heterocycles. The van der Waals surface area contributed by atoms with Crippen LogP contribution in [0, 0.1) is 5.82 Å². The normalized spacial score (nSPS) is 13.7. The van der Waals surface area contributed by atoms with E-state index in [1.165, 1.54) is 25.1 Å². The number of hydrogen-bond donors (Lipinski definition) is 3. The Morgan fingerprint density at radius 2 is 2.06 bits per heavy atom. The molecule has 0 saturated carbocycles. The molecule has 1 amide bonds. The van der Waals surface area contributed by atoms with E-state index >= 15 is 0 Å². The summed E-state index contributed by atoms with van der Waals surface area (Å²) in [4.78, 5) is 22.3. The fourth-order valence-electron chi connectivity index (χ4n) is 1.39. The highest BCUT2D eigenvalue weighted by molar-refractivity contribution is 5.86. The fourth-order valence-corrected chi connectivity index (χ4v) is 1.39. The van der Waals surface area contributed by atoms with Gasteiger partial charge in [-0.3, -0.25) is 4.79 Å². The fraction of sp³-hybridized carbons (Fsp3) is 0.333. The van der Waals surface area contributed by atoms with Crippen molar-refractivity contribution in [3.63, 3.8) is 0 Å². The van der Waals surface area contributed by atoms with Crippen molar-refractivity contribution in [1.82, 2.24) is 5.32 Å². The SMILES string of the molecule is CC(N)C(=O)N[C@@H](Cc1ccccc1F)C(=O)O. The molecule has 0 bridgehead atoms. The largest absolute Gasteiger partial charge is 0.480 e. The maximum absolute atomic E-state index is 13.4. The van der Waals surface area contributed by atoms with Gasteiger partial charge in [0.05, 0.1) is 6.04 Å². The molecule has 18 heavy (non-hydrogen) atoms. The highest BCUT2D eigenvalue weighted by Gasteiger charge is 2.22. The molecule has 1 rings (SSSR count). The van der Waals surface area contributed by atoms with Gasteiger partial charge in [-0.25, -0.2) is 9.18 Å². The number of halogens is 1. The first-order chi connectivity index (χ1) is 8.41. The standard InChI is InChI=1S/C12H15FN2O3/c1-7(14)11(16)15-10(12(17)18)6-8-4-2-3-5-9(8)13/h2-5,7,10H,6,14H2,1H3,(H,15,16)(H,17,18)/t7?,10-/m0/s1. The maximum atomic E-state index is 13.4. The van der Waals surface area contributed by atoms with Crippen LogP contribution in [0.1, 0.15) is 12.5 Å². The van der Waals surface area contributed by atoms with Gasteiger partial charge < -0.3 is 16.2 Å². The zero-order valence-corrected chi connectivity index (χ0v) is 9.89. The first-order valence-corrected chi connectivity index (χ1v) is 5.44. The van der Waals surface area contributed by atoms with Crippen molar-refractivity contribution in [2.24, 2.45) is 5.73 Å². The average Bonchev–Trinajstić information content (AvgIpc) is 2.30. The molecule has 4 N–H and O–H groups in total. The Labute approximate surface area is 104 Å². The van der Waals surface area contributed by atoms with Gasteiger partial charge in [-0.15, -0.1) is 0 Å². The Morgan fingerprint density at radius 3 is 2.56 bits per heavy atom. The number of nitrogens with two attached hydrogens (primary N) is 1. The molecule has 5 nitrogen and oxygen atoms in total. The first-order valence-electron chi connectivity index (χ1n) is 5.44. The highest BCUT2D eigenvalue weighted by Crippen LogP contribution is 2.09. The second-order valence-electron chi connectivity index (χ2n) is 3.98. The lowest BCUT2D eigenvalue weighted by atomic mass is 10.1. The molecule has 2 atom stereocenters. The van der Waals surface area contributed by atoms with Crippen LogP contribution in [0.5, 0.6) is 0 Å². The van der Waals surface area contributed by atoms with Crippen LogP contribution in [0.15, 0.2) is 24.3 Å². The van der Waals surface area contributed by atoms with E-state index in [1.807, 2.05) is 0 Å². The van der Waals surface area contributed by atoms with Crippen LogP contribution in [0.25, 0.3) is 0 Å². The van der Waals surface area contributed by atoms with Crippen molar-refractivity contribution in [3.8, 4) is 0 Å². The number of carbonyl (C=O) groups excluding carboxylic acids is 1. The van der Waals surface area contributed by atoms with Gasteiger partial charge in [-0.2, -0.15) is 0 Å². The Balaban J connectivity index is 2.79. The number of benzene rings is 1. The first kappa shape index (κ1) is 14.1. The Bertz CT molecular complexity index is 449. The van der Waals surface area contributed by atoms with Crippen molar-refractivity contribution < 1.29 is 19.1 Å². The summed E-state index contributed by atoms with van der Waals surface area (Å²) in [5.41, 5.74) is 5.56. The minimum atomic E-state index is -1.23. The average molecular weight is 254 g/mol. The molecule has 1 aromatic rings. The quantitative estimate of drug-likeness (QED) is 0.704. The van der Waals surface area contributed by atoms with E-state index in [0.29, 0.717) is 0 Å². The van der Waals surface area contributed by atoms with Gasteiger partial charge in [0.15, 0.2) is 0 Å². The molecule has 0 aromatic heterocycles. The van der Waals surface area contributed by atoms with Gasteiger partial charge in [0, 0.05) is 6.42 Å². The summed E-state index contributed by atoms with van der Waals surface area (Å²) in [6.07, 6.45) is -0.125. The van der Waals surface area contributed by atoms with Crippen molar-refractivity contribution >= 4 is 11.9 Å². The second-order valence-corrected chi connectivity index (χ2v) is 3.98. The van der Waals surface area contributed by atoms with Crippen LogP contribution in [-0.4, -0.2) is 29.1 Å². The zero-order valence-electron chi connectivity index (χ0n) is 9.89.